The van der Waals surface area contributed by atoms with Crippen molar-refractivity contribution >= 4 is 92.8 Å². The number of hydrogen-bond acceptors (Lipinski definition) is 13. The largest absolute Gasteiger partial charge is 0.477 e. The highest BCUT2D eigenvalue weighted by molar-refractivity contribution is 8.07. The number of aromatic nitrogens is 2. The van der Waals surface area contributed by atoms with Gasteiger partial charge in [0.05, 0.1) is 6.54 Å². The first-order valence-electron chi connectivity index (χ1n) is 10.8. The van der Waals surface area contributed by atoms with Gasteiger partial charge in [0.15, 0.2) is 16.8 Å². The molecule has 14 nitrogen and oxygen atoms in total. The van der Waals surface area contributed by atoms with Gasteiger partial charge in [-0.3, -0.25) is 24.5 Å². The van der Waals surface area contributed by atoms with Gasteiger partial charge in [-0.1, -0.05) is 39.9 Å². The fourth-order valence-corrected chi connectivity index (χ4v) is 8.01. The minimum Gasteiger partial charge on any atom is -0.477 e. The van der Waals surface area contributed by atoms with E-state index in [4.69, 9.17) is 28.8 Å². The first kappa shape index (κ1) is 28.8. The second-order valence-electron chi connectivity index (χ2n) is 7.64. The number of carboxylic acids is 1. The van der Waals surface area contributed by atoms with Crippen molar-refractivity contribution in [2.45, 2.75) is 21.2 Å². The van der Waals surface area contributed by atoms with Crippen LogP contribution in [0.15, 0.2) is 49.0 Å². The summed E-state index contributed by atoms with van der Waals surface area (Å²) in [7, 11) is 0. The zero-order valence-electron chi connectivity index (χ0n) is 19.6. The van der Waals surface area contributed by atoms with Crippen LogP contribution >= 0.6 is 58.2 Å². The highest BCUT2D eigenvalue weighted by Gasteiger charge is 2.54. The SMILES string of the molecule is NC(N)=NCCSc1cnccc1SC1=C(C(=O)O)N2C(=O)[C@@H](NC(=O)/C(=N\O)c3nc(N)sc3Cl)[C@H]2SC1. The summed E-state index contributed by atoms with van der Waals surface area (Å²) in [6.45, 7) is 0.396. The van der Waals surface area contributed by atoms with Crippen LogP contribution in [0.5, 0.6) is 0 Å². The van der Waals surface area contributed by atoms with Crippen molar-refractivity contribution in [1.82, 2.24) is 20.2 Å². The maximum atomic E-state index is 13.0. The van der Waals surface area contributed by atoms with Crippen LogP contribution in [0, 0.1) is 0 Å². The van der Waals surface area contributed by atoms with Gasteiger partial charge in [0, 0.05) is 38.6 Å². The number of aliphatic carboxylic acids is 1. The summed E-state index contributed by atoms with van der Waals surface area (Å²) in [6.07, 6.45) is 3.25. The molecule has 4 heterocycles. The predicted molar refractivity (Wildman–Crippen MR) is 151 cm³/mol. The number of anilines is 1. The number of halogens is 1. The number of nitrogen functional groups attached to an aromatic ring is 1. The number of fused-ring (bicyclic) bond motifs is 1. The lowest BCUT2D eigenvalue weighted by molar-refractivity contribution is -0.150. The Balaban J connectivity index is 1.50. The van der Waals surface area contributed by atoms with Crippen molar-refractivity contribution < 1.29 is 24.7 Å². The summed E-state index contributed by atoms with van der Waals surface area (Å²) in [5.74, 6) is -1.99. The molecule has 0 aliphatic carbocycles. The van der Waals surface area contributed by atoms with E-state index in [1.54, 1.807) is 18.5 Å². The third kappa shape index (κ3) is 6.19. The van der Waals surface area contributed by atoms with E-state index in [1.165, 1.54) is 35.3 Å². The molecule has 19 heteroatoms. The van der Waals surface area contributed by atoms with Gasteiger partial charge in [-0.25, -0.2) is 9.78 Å². The molecule has 0 aromatic carbocycles. The number of nitrogens with one attached hydrogen (secondary N) is 1. The highest BCUT2D eigenvalue weighted by Crippen LogP contribution is 2.46. The molecule has 206 valence electrons. The number of carbonyl (C=O) groups is 3. The molecule has 1 saturated heterocycles. The van der Waals surface area contributed by atoms with Crippen molar-refractivity contribution in [2.24, 2.45) is 21.6 Å². The average molecular weight is 630 g/mol. The Morgan fingerprint density at radius 3 is 2.74 bits per heavy atom. The van der Waals surface area contributed by atoms with E-state index < -0.39 is 34.9 Å². The standard InChI is InChI=1S/C20H20ClN9O5S4/c21-14-10(28-20(24)39-14)11(29-35)15(31)27-12-16(32)30-13(18(33)34)9(6-37-17(12)30)38-7-1-2-25-5-8(7)36-4-3-26-19(22)23/h1-2,5,12,17,35H,3-4,6H2,(H2,24,28)(H,27,31)(H,33,34)(H4,22,23,26)/b29-11-/t12-,17-/m1/s1. The first-order valence-corrected chi connectivity index (χ1v) is 14.8. The Morgan fingerprint density at radius 1 is 1.33 bits per heavy atom. The number of nitrogens with zero attached hydrogens (tertiary/aromatic N) is 5. The third-order valence-corrected chi connectivity index (χ3v) is 10.0. The monoisotopic (exact) mass is 629 g/mol. The smallest absolute Gasteiger partial charge is 0.353 e. The predicted octanol–water partition coefficient (Wildman–Crippen LogP) is 0.806. The van der Waals surface area contributed by atoms with Crippen LogP contribution in [0.3, 0.4) is 0 Å². The van der Waals surface area contributed by atoms with Gasteiger partial charge in [-0.15, -0.1) is 23.5 Å². The van der Waals surface area contributed by atoms with Gasteiger partial charge in [0.25, 0.3) is 11.8 Å². The number of guanidine groups is 1. The maximum Gasteiger partial charge on any atom is 0.353 e. The number of oxime groups is 1. The van der Waals surface area contributed by atoms with E-state index >= 15 is 0 Å². The molecule has 0 unspecified atom stereocenters. The van der Waals surface area contributed by atoms with Crippen molar-refractivity contribution in [3.8, 4) is 0 Å². The van der Waals surface area contributed by atoms with E-state index in [0.29, 0.717) is 17.2 Å². The quantitative estimate of drug-likeness (QED) is 0.0406. The minimum absolute atomic E-state index is 0.00775. The molecule has 4 rings (SSSR count). The van der Waals surface area contributed by atoms with Crippen LogP contribution in [-0.2, 0) is 14.4 Å². The summed E-state index contributed by atoms with van der Waals surface area (Å²) < 4.78 is 0.0340. The number of aliphatic imine (C=N–C) groups is 1. The highest BCUT2D eigenvalue weighted by atomic mass is 35.5. The summed E-state index contributed by atoms with van der Waals surface area (Å²) in [4.78, 5) is 53.2. The van der Waals surface area contributed by atoms with Crippen LogP contribution < -0.4 is 22.5 Å². The van der Waals surface area contributed by atoms with E-state index in [9.17, 15) is 24.7 Å². The van der Waals surface area contributed by atoms with Crippen LogP contribution in [0.4, 0.5) is 5.13 Å². The van der Waals surface area contributed by atoms with E-state index in [-0.39, 0.29) is 32.6 Å². The fraction of sp³-hybridized carbons (Fsp3) is 0.250. The molecule has 2 aromatic rings. The van der Waals surface area contributed by atoms with Crippen molar-refractivity contribution in [1.29, 1.82) is 0 Å². The zero-order chi connectivity index (χ0) is 28.3. The number of rotatable bonds is 10. The minimum atomic E-state index is -1.28. The number of β-lactam (4-membered cyclic amide) rings is 1. The molecule has 0 spiro atoms. The van der Waals surface area contributed by atoms with Crippen LogP contribution in [0.25, 0.3) is 0 Å². The van der Waals surface area contributed by atoms with Gasteiger partial charge in [-0.2, -0.15) is 0 Å². The molecule has 2 amide bonds. The first-order chi connectivity index (χ1) is 18.6. The Morgan fingerprint density at radius 2 is 2.10 bits per heavy atom. The van der Waals surface area contributed by atoms with Crippen LogP contribution in [0.2, 0.25) is 4.34 Å². The topological polar surface area (TPSA) is 236 Å². The van der Waals surface area contributed by atoms with Gasteiger partial charge in [0.1, 0.15) is 27.1 Å². The number of carbonyl (C=O) groups excluding carboxylic acids is 2. The lowest BCUT2D eigenvalue weighted by Gasteiger charge is -2.49. The van der Waals surface area contributed by atoms with Gasteiger partial charge in [0.2, 0.25) is 0 Å². The van der Waals surface area contributed by atoms with Crippen molar-refractivity contribution in [3.63, 3.8) is 0 Å². The van der Waals surface area contributed by atoms with E-state index in [2.05, 4.69) is 25.4 Å². The molecule has 0 bridgehead atoms. The molecule has 2 aliphatic heterocycles. The number of nitrogens with two attached hydrogens (primary N) is 3. The number of hydrogen-bond donors (Lipinski definition) is 6. The number of thiazole rings is 1. The fourth-order valence-electron chi connectivity index (χ4n) is 3.57. The Hall–Kier alpha value is -3.19. The molecular weight excluding hydrogens is 610 g/mol. The lowest BCUT2D eigenvalue weighted by Crippen LogP contribution is -2.71. The lowest BCUT2D eigenvalue weighted by atomic mass is 10.0. The van der Waals surface area contributed by atoms with Crippen molar-refractivity contribution in [3.05, 3.63) is 39.1 Å². The molecule has 2 aliphatic rings. The second-order valence-corrected chi connectivity index (χ2v) is 12.7. The molecule has 1 fully saturated rings. The number of amides is 2. The van der Waals surface area contributed by atoms with Gasteiger partial charge in [-0.05, 0) is 6.07 Å². The number of carboxylic acid groups (broad SMARTS) is 1. The summed E-state index contributed by atoms with van der Waals surface area (Å²) in [5, 5.41) is 24.2. The summed E-state index contributed by atoms with van der Waals surface area (Å²) in [6, 6.07) is 0.696. The van der Waals surface area contributed by atoms with Crippen LogP contribution in [-0.4, -0.2) is 84.1 Å². The molecule has 2 aromatic heterocycles. The average Bonchev–Trinajstić information content (AvgIpc) is 3.23. The zero-order valence-corrected chi connectivity index (χ0v) is 23.6. The second kappa shape index (κ2) is 12.3. The van der Waals surface area contributed by atoms with E-state index in [0.717, 1.165) is 26.0 Å². The third-order valence-electron chi connectivity index (χ3n) is 5.19. The van der Waals surface area contributed by atoms with E-state index in [1.807, 2.05) is 0 Å². The normalized spacial score (nSPS) is 18.8. The molecular formula is C20H20ClN9O5S4. The van der Waals surface area contributed by atoms with Gasteiger partial charge >= 0.3 is 5.97 Å². The maximum absolute atomic E-state index is 13.0. The van der Waals surface area contributed by atoms with Crippen molar-refractivity contribution in [2.75, 3.05) is 23.8 Å². The number of pyridine rings is 1. The Labute approximate surface area is 242 Å². The van der Waals surface area contributed by atoms with Gasteiger partial charge < -0.3 is 32.8 Å². The van der Waals surface area contributed by atoms with Crippen LogP contribution in [0.1, 0.15) is 5.69 Å². The number of thioether (sulfide) groups is 3. The molecule has 39 heavy (non-hydrogen) atoms. The summed E-state index contributed by atoms with van der Waals surface area (Å²) >= 11 is 10.9. The Kier molecular flexibility index (Phi) is 9.11. The Bertz CT molecular complexity index is 1410. The summed E-state index contributed by atoms with van der Waals surface area (Å²) in [5.41, 5.74) is 15.5. The molecule has 2 atom stereocenters. The molecule has 9 N–H and O–H groups in total. The molecule has 0 saturated carbocycles. The molecule has 0 radical (unpaired) electrons.